The van der Waals surface area contributed by atoms with Gasteiger partial charge in [0.05, 0.1) is 13.7 Å². The SMILES string of the molecule is CCCON(C)N=C=O. The molecule has 0 amide bonds. The highest BCUT2D eigenvalue weighted by molar-refractivity contribution is 5.31. The number of isocyanates is 1. The van der Waals surface area contributed by atoms with E-state index in [0.29, 0.717) is 6.61 Å². The average molecular weight is 130 g/mol. The summed E-state index contributed by atoms with van der Waals surface area (Å²) in [6, 6.07) is 0. The minimum absolute atomic E-state index is 0.571. The maximum absolute atomic E-state index is 9.57. The summed E-state index contributed by atoms with van der Waals surface area (Å²) >= 11 is 0. The Morgan fingerprint density at radius 1 is 1.78 bits per heavy atom. The first-order valence-corrected chi connectivity index (χ1v) is 2.75. The van der Waals surface area contributed by atoms with E-state index in [1.165, 1.54) is 6.08 Å². The summed E-state index contributed by atoms with van der Waals surface area (Å²) in [5.41, 5.74) is 0. The zero-order valence-corrected chi connectivity index (χ0v) is 5.63. The van der Waals surface area contributed by atoms with Gasteiger partial charge in [0, 0.05) is 0 Å². The Labute approximate surface area is 54.1 Å². The Morgan fingerprint density at radius 2 is 2.44 bits per heavy atom. The van der Waals surface area contributed by atoms with E-state index >= 15 is 0 Å². The molecule has 0 aromatic carbocycles. The van der Waals surface area contributed by atoms with Gasteiger partial charge in [0.1, 0.15) is 0 Å². The summed E-state index contributed by atoms with van der Waals surface area (Å²) in [7, 11) is 1.54. The highest BCUT2D eigenvalue weighted by Gasteiger charge is 1.87. The second-order valence-electron chi connectivity index (χ2n) is 1.49. The molecular formula is C5H10N2O2. The van der Waals surface area contributed by atoms with Crippen LogP contribution in [0.15, 0.2) is 5.10 Å². The summed E-state index contributed by atoms with van der Waals surface area (Å²) in [4.78, 5) is 14.4. The predicted molar refractivity (Wildman–Crippen MR) is 32.1 cm³/mol. The van der Waals surface area contributed by atoms with Crippen molar-refractivity contribution < 1.29 is 9.63 Å². The van der Waals surface area contributed by atoms with Crippen molar-refractivity contribution in [3.05, 3.63) is 0 Å². The average Bonchev–Trinajstić information content (AvgIpc) is 1.85. The van der Waals surface area contributed by atoms with Gasteiger partial charge in [0.25, 0.3) is 6.08 Å². The van der Waals surface area contributed by atoms with Crippen molar-refractivity contribution in [1.29, 1.82) is 0 Å². The van der Waals surface area contributed by atoms with Crippen LogP contribution in [0.3, 0.4) is 0 Å². The van der Waals surface area contributed by atoms with E-state index in [9.17, 15) is 4.79 Å². The number of nitrogens with zero attached hydrogens (tertiary/aromatic N) is 2. The lowest BCUT2D eigenvalue weighted by molar-refractivity contribution is -0.138. The Balaban J connectivity index is 3.26. The largest absolute Gasteiger partial charge is 0.260 e. The maximum atomic E-state index is 9.57. The van der Waals surface area contributed by atoms with E-state index in [1.807, 2.05) is 6.92 Å². The van der Waals surface area contributed by atoms with Crippen molar-refractivity contribution in [1.82, 2.24) is 5.17 Å². The van der Waals surface area contributed by atoms with Crippen LogP contribution >= 0.6 is 0 Å². The molecule has 0 rings (SSSR count). The molecule has 0 bridgehead atoms. The van der Waals surface area contributed by atoms with Crippen LogP contribution in [0, 0.1) is 0 Å². The third-order valence-corrected chi connectivity index (χ3v) is 0.664. The zero-order chi connectivity index (χ0) is 7.11. The van der Waals surface area contributed by atoms with Crippen LogP contribution in [-0.2, 0) is 9.63 Å². The molecule has 0 aromatic heterocycles. The van der Waals surface area contributed by atoms with Crippen molar-refractivity contribution in [3.63, 3.8) is 0 Å². The maximum Gasteiger partial charge on any atom is 0.260 e. The molecule has 52 valence electrons. The third kappa shape index (κ3) is 5.00. The Bertz CT molecular complexity index is 110. The fourth-order valence-corrected chi connectivity index (χ4v) is 0.310. The highest BCUT2D eigenvalue weighted by Crippen LogP contribution is 1.85. The van der Waals surface area contributed by atoms with Crippen molar-refractivity contribution >= 4 is 6.08 Å². The summed E-state index contributed by atoms with van der Waals surface area (Å²) in [6.07, 6.45) is 2.25. The molecule has 0 aliphatic heterocycles. The van der Waals surface area contributed by atoms with Crippen LogP contribution in [0.5, 0.6) is 0 Å². The van der Waals surface area contributed by atoms with E-state index in [4.69, 9.17) is 4.84 Å². The van der Waals surface area contributed by atoms with Crippen LogP contribution < -0.4 is 0 Å². The second kappa shape index (κ2) is 5.28. The lowest BCUT2D eigenvalue weighted by Gasteiger charge is -2.07. The molecule has 0 spiro atoms. The molecule has 0 atom stereocenters. The zero-order valence-electron chi connectivity index (χ0n) is 5.63. The summed E-state index contributed by atoms with van der Waals surface area (Å²) < 4.78 is 0. The van der Waals surface area contributed by atoms with E-state index in [0.717, 1.165) is 11.6 Å². The molecule has 0 aromatic rings. The summed E-state index contributed by atoms with van der Waals surface area (Å²) in [6.45, 7) is 2.54. The van der Waals surface area contributed by atoms with Gasteiger partial charge in [-0.2, -0.15) is 5.17 Å². The molecule has 0 radical (unpaired) electrons. The number of rotatable bonds is 4. The van der Waals surface area contributed by atoms with E-state index < -0.39 is 0 Å². The molecule has 0 aliphatic carbocycles. The Morgan fingerprint density at radius 3 is 2.89 bits per heavy atom. The number of hydroxylamine groups is 1. The van der Waals surface area contributed by atoms with E-state index in [2.05, 4.69) is 5.10 Å². The third-order valence-electron chi connectivity index (χ3n) is 0.664. The van der Waals surface area contributed by atoms with E-state index in [-0.39, 0.29) is 0 Å². The van der Waals surface area contributed by atoms with Crippen LogP contribution in [-0.4, -0.2) is 24.9 Å². The van der Waals surface area contributed by atoms with Crippen LogP contribution in [0.1, 0.15) is 13.3 Å². The lowest BCUT2D eigenvalue weighted by atomic mass is 10.5. The van der Waals surface area contributed by atoms with Gasteiger partial charge in [-0.05, 0) is 6.42 Å². The van der Waals surface area contributed by atoms with Crippen LogP contribution in [0.4, 0.5) is 0 Å². The van der Waals surface area contributed by atoms with Crippen molar-refractivity contribution in [2.75, 3.05) is 13.7 Å². The normalized spacial score (nSPS) is 8.22. The minimum Gasteiger partial charge on any atom is -0.256 e. The second-order valence-corrected chi connectivity index (χ2v) is 1.49. The standard InChI is InChI=1S/C5H10N2O2/c1-3-4-9-7(2)6-5-8/h3-4H2,1-2H3. The topological polar surface area (TPSA) is 41.9 Å². The molecule has 9 heavy (non-hydrogen) atoms. The Kier molecular flexibility index (Phi) is 4.78. The molecular weight excluding hydrogens is 120 g/mol. The predicted octanol–water partition coefficient (Wildman–Crippen LogP) is 0.511. The van der Waals surface area contributed by atoms with Gasteiger partial charge in [-0.15, -0.1) is 0 Å². The van der Waals surface area contributed by atoms with Gasteiger partial charge in [0.2, 0.25) is 0 Å². The van der Waals surface area contributed by atoms with Crippen molar-refractivity contribution in [3.8, 4) is 0 Å². The highest BCUT2D eigenvalue weighted by atomic mass is 16.7. The molecule has 0 heterocycles. The number of carbonyl (C=O) groups excluding carboxylic acids is 1. The molecule has 0 aliphatic rings. The van der Waals surface area contributed by atoms with Gasteiger partial charge in [-0.1, -0.05) is 12.0 Å². The van der Waals surface area contributed by atoms with Gasteiger partial charge in [-0.25, -0.2) is 4.79 Å². The van der Waals surface area contributed by atoms with Gasteiger partial charge >= 0.3 is 0 Å². The first kappa shape index (κ1) is 8.14. The number of hydrogen-bond donors (Lipinski definition) is 0. The van der Waals surface area contributed by atoms with Crippen molar-refractivity contribution in [2.24, 2.45) is 5.10 Å². The van der Waals surface area contributed by atoms with Crippen LogP contribution in [0.25, 0.3) is 0 Å². The molecule has 4 heteroatoms. The molecule has 0 N–H and O–H groups in total. The van der Waals surface area contributed by atoms with Crippen molar-refractivity contribution in [2.45, 2.75) is 13.3 Å². The number of hydrazone groups is 1. The molecule has 0 saturated carbocycles. The minimum atomic E-state index is 0.571. The quantitative estimate of drug-likeness (QED) is 0.316. The fraction of sp³-hybridized carbons (Fsp3) is 0.800. The van der Waals surface area contributed by atoms with Gasteiger partial charge < -0.3 is 0 Å². The van der Waals surface area contributed by atoms with E-state index in [1.54, 1.807) is 7.05 Å². The lowest BCUT2D eigenvalue weighted by Crippen LogP contribution is -2.11. The smallest absolute Gasteiger partial charge is 0.256 e. The first-order valence-electron chi connectivity index (χ1n) is 2.75. The van der Waals surface area contributed by atoms with Gasteiger partial charge in [-0.3, -0.25) is 4.84 Å². The molecule has 0 fully saturated rings. The number of hydrogen-bond acceptors (Lipinski definition) is 4. The Hall–Kier alpha value is -0.860. The monoisotopic (exact) mass is 130 g/mol. The van der Waals surface area contributed by atoms with Gasteiger partial charge in [0.15, 0.2) is 0 Å². The molecule has 0 unspecified atom stereocenters. The fourth-order valence-electron chi connectivity index (χ4n) is 0.310. The summed E-state index contributed by atoms with van der Waals surface area (Å²) in [5.74, 6) is 0. The molecule has 4 nitrogen and oxygen atoms in total. The summed E-state index contributed by atoms with van der Waals surface area (Å²) in [5, 5.41) is 4.26. The first-order chi connectivity index (χ1) is 4.31. The molecule has 0 saturated heterocycles. The van der Waals surface area contributed by atoms with Crippen LogP contribution in [0.2, 0.25) is 0 Å².